The van der Waals surface area contributed by atoms with Crippen molar-refractivity contribution in [3.63, 3.8) is 0 Å². The number of methoxy groups -OCH3 is 1. The lowest BCUT2D eigenvalue weighted by molar-refractivity contribution is 0.185. The van der Waals surface area contributed by atoms with Crippen LogP contribution in [-0.4, -0.2) is 32.1 Å². The lowest BCUT2D eigenvalue weighted by Gasteiger charge is -2.15. The number of nitrogens with one attached hydrogen (secondary N) is 1. The van der Waals surface area contributed by atoms with E-state index in [1.54, 1.807) is 7.11 Å². The number of aromatic nitrogens is 1. The topological polar surface area (TPSA) is 75.8 Å². The summed E-state index contributed by atoms with van der Waals surface area (Å²) in [7, 11) is 5.63. The molecular formula is C21H25N5O. The molecule has 1 aromatic heterocycles. The maximum absolute atomic E-state index is 6.13. The van der Waals surface area contributed by atoms with Crippen molar-refractivity contribution in [2.45, 2.75) is 13.2 Å². The van der Waals surface area contributed by atoms with Gasteiger partial charge in [0.05, 0.1) is 18.7 Å². The second-order valence-electron chi connectivity index (χ2n) is 6.47. The Bertz CT molecular complexity index is 952. The first kappa shape index (κ1) is 18.7. The largest absolute Gasteiger partial charge is 0.380 e. The van der Waals surface area contributed by atoms with Crippen LogP contribution in [0.3, 0.4) is 0 Å². The van der Waals surface area contributed by atoms with E-state index < -0.39 is 0 Å². The van der Waals surface area contributed by atoms with Crippen LogP contribution < -0.4 is 16.0 Å². The number of anilines is 2. The summed E-state index contributed by atoms with van der Waals surface area (Å²) in [5, 5.41) is 4.26. The summed E-state index contributed by atoms with van der Waals surface area (Å²) >= 11 is 0. The average molecular weight is 363 g/mol. The summed E-state index contributed by atoms with van der Waals surface area (Å²) in [6, 6.07) is 18.0. The van der Waals surface area contributed by atoms with Crippen molar-refractivity contribution < 1.29 is 4.74 Å². The number of aliphatic imine (C=N–C) groups is 1. The van der Waals surface area contributed by atoms with E-state index in [2.05, 4.69) is 27.4 Å². The molecule has 0 radical (unpaired) electrons. The molecule has 0 saturated heterocycles. The Morgan fingerprint density at radius 2 is 1.85 bits per heavy atom. The summed E-state index contributed by atoms with van der Waals surface area (Å²) in [4.78, 5) is 11.2. The van der Waals surface area contributed by atoms with E-state index >= 15 is 0 Å². The van der Waals surface area contributed by atoms with Gasteiger partial charge in [0.25, 0.3) is 0 Å². The summed E-state index contributed by atoms with van der Waals surface area (Å²) in [6.45, 7) is 0.979. The Kier molecular flexibility index (Phi) is 5.88. The third-order valence-corrected chi connectivity index (χ3v) is 4.25. The number of guanidine groups is 1. The molecule has 3 aromatic rings. The summed E-state index contributed by atoms with van der Waals surface area (Å²) in [5.41, 5.74) is 10.1. The van der Waals surface area contributed by atoms with E-state index in [1.807, 2.05) is 61.5 Å². The number of benzene rings is 2. The van der Waals surface area contributed by atoms with Gasteiger partial charge in [0, 0.05) is 37.8 Å². The van der Waals surface area contributed by atoms with Gasteiger partial charge in [0.1, 0.15) is 5.82 Å². The van der Waals surface area contributed by atoms with Crippen LogP contribution in [0.15, 0.2) is 59.6 Å². The van der Waals surface area contributed by atoms with E-state index in [-0.39, 0.29) is 0 Å². The fourth-order valence-electron chi connectivity index (χ4n) is 2.86. The van der Waals surface area contributed by atoms with Gasteiger partial charge in [-0.25, -0.2) is 9.98 Å². The number of fused-ring (bicyclic) bond motifs is 1. The zero-order chi connectivity index (χ0) is 19.2. The molecule has 0 aliphatic heterocycles. The van der Waals surface area contributed by atoms with Gasteiger partial charge in [-0.15, -0.1) is 0 Å². The molecule has 0 aliphatic rings. The van der Waals surface area contributed by atoms with Gasteiger partial charge in [-0.05, 0) is 23.8 Å². The Labute approximate surface area is 159 Å². The van der Waals surface area contributed by atoms with E-state index in [0.717, 1.165) is 33.5 Å². The van der Waals surface area contributed by atoms with Crippen molar-refractivity contribution in [1.82, 2.24) is 4.98 Å². The molecule has 0 spiro atoms. The number of para-hydroxylation sites is 2. The van der Waals surface area contributed by atoms with Gasteiger partial charge >= 0.3 is 0 Å². The summed E-state index contributed by atoms with van der Waals surface area (Å²) < 4.78 is 5.23. The molecule has 1 heterocycles. The lowest BCUT2D eigenvalue weighted by Crippen LogP contribution is -2.23. The van der Waals surface area contributed by atoms with Gasteiger partial charge in [0.15, 0.2) is 5.96 Å². The third-order valence-electron chi connectivity index (χ3n) is 4.25. The first-order chi connectivity index (χ1) is 13.1. The number of hydrogen-bond donors (Lipinski definition) is 2. The molecule has 3 N–H and O–H groups in total. The molecule has 3 rings (SSSR count). The molecule has 0 saturated carbocycles. The van der Waals surface area contributed by atoms with Crippen LogP contribution in [0.25, 0.3) is 10.9 Å². The Balaban J connectivity index is 1.85. The van der Waals surface area contributed by atoms with Crippen molar-refractivity contribution in [2.24, 2.45) is 10.7 Å². The number of pyridine rings is 1. The fourth-order valence-corrected chi connectivity index (χ4v) is 2.86. The smallest absolute Gasteiger partial charge is 0.193 e. The maximum atomic E-state index is 6.13. The van der Waals surface area contributed by atoms with Gasteiger partial charge in [0.2, 0.25) is 0 Å². The van der Waals surface area contributed by atoms with Gasteiger partial charge in [-0.1, -0.05) is 36.4 Å². The Morgan fingerprint density at radius 3 is 2.63 bits per heavy atom. The van der Waals surface area contributed by atoms with E-state index in [1.165, 1.54) is 0 Å². The van der Waals surface area contributed by atoms with Crippen molar-refractivity contribution in [3.8, 4) is 0 Å². The molecule has 140 valence electrons. The standard InChI is InChI=1S/C21H25N5O/c1-26(2)20-12-16(17-9-5-7-11-19(17)24-20)13-23-21(22)25-18-10-6-4-8-15(18)14-27-3/h4-12H,13-14H2,1-3H3,(H3,22,23,25). The molecule has 2 aromatic carbocycles. The van der Waals surface area contributed by atoms with Gasteiger partial charge in [-0.2, -0.15) is 0 Å². The van der Waals surface area contributed by atoms with Crippen LogP contribution in [0.1, 0.15) is 11.1 Å². The predicted molar refractivity (Wildman–Crippen MR) is 112 cm³/mol. The number of hydrogen-bond acceptors (Lipinski definition) is 4. The number of rotatable bonds is 6. The molecule has 6 nitrogen and oxygen atoms in total. The number of nitrogens with zero attached hydrogens (tertiary/aromatic N) is 3. The first-order valence-electron chi connectivity index (χ1n) is 8.78. The van der Waals surface area contributed by atoms with Crippen molar-refractivity contribution >= 4 is 28.4 Å². The minimum absolute atomic E-state index is 0.367. The highest BCUT2D eigenvalue weighted by Gasteiger charge is 2.07. The van der Waals surface area contributed by atoms with Crippen molar-refractivity contribution in [3.05, 3.63) is 65.7 Å². The quantitative estimate of drug-likeness (QED) is 0.519. The first-order valence-corrected chi connectivity index (χ1v) is 8.78. The molecular weight excluding hydrogens is 338 g/mol. The molecule has 6 heteroatoms. The molecule has 0 unspecified atom stereocenters. The molecule has 0 atom stereocenters. The molecule has 0 amide bonds. The highest BCUT2D eigenvalue weighted by molar-refractivity contribution is 5.93. The van der Waals surface area contributed by atoms with E-state index in [4.69, 9.17) is 10.5 Å². The highest BCUT2D eigenvalue weighted by Crippen LogP contribution is 2.23. The van der Waals surface area contributed by atoms with Crippen molar-refractivity contribution in [1.29, 1.82) is 0 Å². The molecule has 0 aliphatic carbocycles. The average Bonchev–Trinajstić information content (AvgIpc) is 2.67. The highest BCUT2D eigenvalue weighted by atomic mass is 16.5. The monoisotopic (exact) mass is 363 g/mol. The van der Waals surface area contributed by atoms with E-state index in [0.29, 0.717) is 19.1 Å². The summed E-state index contributed by atoms with van der Waals surface area (Å²) in [6.07, 6.45) is 0. The second-order valence-corrected chi connectivity index (χ2v) is 6.47. The Morgan fingerprint density at radius 1 is 1.11 bits per heavy atom. The predicted octanol–water partition coefficient (Wildman–Crippen LogP) is 3.37. The SMILES string of the molecule is COCc1ccccc1NC(N)=NCc1cc(N(C)C)nc2ccccc12. The van der Waals surface area contributed by atoms with Crippen LogP contribution in [0, 0.1) is 0 Å². The van der Waals surface area contributed by atoms with E-state index in [9.17, 15) is 0 Å². The molecule has 0 fully saturated rings. The number of ether oxygens (including phenoxy) is 1. The van der Waals surface area contributed by atoms with Crippen LogP contribution in [0.4, 0.5) is 11.5 Å². The second kappa shape index (κ2) is 8.51. The van der Waals surface area contributed by atoms with Gasteiger partial charge < -0.3 is 20.7 Å². The van der Waals surface area contributed by atoms with Crippen LogP contribution in [0.2, 0.25) is 0 Å². The number of nitrogens with two attached hydrogens (primary N) is 1. The fraction of sp³-hybridized carbons (Fsp3) is 0.238. The molecule has 27 heavy (non-hydrogen) atoms. The maximum Gasteiger partial charge on any atom is 0.193 e. The van der Waals surface area contributed by atoms with Crippen LogP contribution in [0.5, 0.6) is 0 Å². The lowest BCUT2D eigenvalue weighted by atomic mass is 10.1. The van der Waals surface area contributed by atoms with Crippen LogP contribution in [-0.2, 0) is 17.9 Å². The van der Waals surface area contributed by atoms with Crippen LogP contribution >= 0.6 is 0 Å². The zero-order valence-corrected chi connectivity index (χ0v) is 15.9. The third kappa shape index (κ3) is 4.54. The van der Waals surface area contributed by atoms with Gasteiger partial charge in [-0.3, -0.25) is 0 Å². The van der Waals surface area contributed by atoms with Crippen molar-refractivity contribution in [2.75, 3.05) is 31.4 Å². The minimum atomic E-state index is 0.367. The minimum Gasteiger partial charge on any atom is -0.380 e. The Hall–Kier alpha value is -3.12. The molecule has 0 bridgehead atoms. The summed E-state index contributed by atoms with van der Waals surface area (Å²) in [5.74, 6) is 1.27. The normalized spacial score (nSPS) is 11.6. The zero-order valence-electron chi connectivity index (χ0n) is 15.9.